The molecule has 3 nitrogen and oxygen atoms in total. The van der Waals surface area contributed by atoms with Gasteiger partial charge in [-0.3, -0.25) is 0 Å². The van der Waals surface area contributed by atoms with Crippen LogP contribution >= 0.6 is 0 Å². The number of hydrogen-bond acceptors (Lipinski definition) is 3. The third-order valence-electron chi connectivity index (χ3n) is 3.45. The Morgan fingerprint density at radius 3 is 2.62 bits per heavy atom. The Morgan fingerprint density at radius 1 is 1.24 bits per heavy atom. The number of nitrogens with zero attached hydrogens (tertiary/aromatic N) is 1. The summed E-state index contributed by atoms with van der Waals surface area (Å²) >= 11 is 0. The summed E-state index contributed by atoms with van der Waals surface area (Å²) in [5, 5.41) is 5.74. The summed E-state index contributed by atoms with van der Waals surface area (Å²) in [6, 6.07) is 10.4. The smallest absolute Gasteiger partial charge is 0.221 e. The van der Waals surface area contributed by atoms with E-state index in [0.717, 1.165) is 29.9 Å². The molecule has 0 spiro atoms. The van der Waals surface area contributed by atoms with Crippen LogP contribution in [0.4, 0.5) is 0 Å². The van der Waals surface area contributed by atoms with Crippen LogP contribution in [0.25, 0.3) is 10.8 Å². The molecule has 1 N–H and O–H groups in total. The van der Waals surface area contributed by atoms with Crippen LogP contribution in [0.2, 0.25) is 0 Å². The minimum absolute atomic E-state index is 0.0745. The Bertz CT molecular complexity index is 602. The fourth-order valence-corrected chi connectivity index (χ4v) is 2.03. The summed E-state index contributed by atoms with van der Waals surface area (Å²) < 4.78 is 6.01. The van der Waals surface area contributed by atoms with Gasteiger partial charge in [0, 0.05) is 17.5 Å². The van der Waals surface area contributed by atoms with E-state index in [-0.39, 0.29) is 11.6 Å². The average Bonchev–Trinajstić information content (AvgIpc) is 2.44. The molecule has 2 aromatic rings. The predicted octanol–water partition coefficient (Wildman–Crippen LogP) is 4.30. The Kier molecular flexibility index (Phi) is 4.84. The van der Waals surface area contributed by atoms with Crippen molar-refractivity contribution in [3.8, 4) is 5.88 Å². The van der Waals surface area contributed by atoms with Gasteiger partial charge in [-0.15, -0.1) is 0 Å². The van der Waals surface area contributed by atoms with Gasteiger partial charge in [0.1, 0.15) is 0 Å². The van der Waals surface area contributed by atoms with Crippen molar-refractivity contribution in [1.82, 2.24) is 10.3 Å². The van der Waals surface area contributed by atoms with E-state index in [1.807, 2.05) is 6.07 Å². The zero-order valence-electron chi connectivity index (χ0n) is 13.7. The molecular formula is C18H26N2O. The molecule has 0 radical (unpaired) electrons. The summed E-state index contributed by atoms with van der Waals surface area (Å²) in [7, 11) is 0. The third kappa shape index (κ3) is 4.43. The van der Waals surface area contributed by atoms with Crippen molar-refractivity contribution < 1.29 is 4.74 Å². The highest BCUT2D eigenvalue weighted by molar-refractivity contribution is 5.87. The zero-order chi connectivity index (χ0) is 15.5. The number of pyridine rings is 1. The maximum atomic E-state index is 6.01. The Hall–Kier alpha value is -1.61. The van der Waals surface area contributed by atoms with E-state index >= 15 is 0 Å². The Labute approximate surface area is 127 Å². The van der Waals surface area contributed by atoms with E-state index < -0.39 is 0 Å². The third-order valence-corrected chi connectivity index (χ3v) is 3.45. The van der Waals surface area contributed by atoms with E-state index in [2.05, 4.69) is 64.2 Å². The van der Waals surface area contributed by atoms with Crippen LogP contribution in [0.5, 0.6) is 5.88 Å². The van der Waals surface area contributed by atoms with E-state index in [4.69, 9.17) is 9.72 Å². The zero-order valence-corrected chi connectivity index (χ0v) is 13.7. The number of ether oxygens (including phenoxy) is 1. The van der Waals surface area contributed by atoms with Crippen LogP contribution < -0.4 is 10.1 Å². The fourth-order valence-electron chi connectivity index (χ4n) is 2.03. The van der Waals surface area contributed by atoms with E-state index in [9.17, 15) is 0 Å². The maximum absolute atomic E-state index is 6.01. The van der Waals surface area contributed by atoms with Crippen LogP contribution in [0.1, 0.15) is 46.7 Å². The monoisotopic (exact) mass is 286 g/mol. The first kappa shape index (κ1) is 15.8. The van der Waals surface area contributed by atoms with Gasteiger partial charge in [-0.2, -0.15) is 0 Å². The molecule has 1 aromatic carbocycles. The largest absolute Gasteiger partial charge is 0.474 e. The molecule has 1 aromatic heterocycles. The summed E-state index contributed by atoms with van der Waals surface area (Å²) in [6.45, 7) is 11.4. The molecule has 21 heavy (non-hydrogen) atoms. The van der Waals surface area contributed by atoms with Gasteiger partial charge in [-0.05, 0) is 51.6 Å². The van der Waals surface area contributed by atoms with Crippen LogP contribution in [0.3, 0.4) is 0 Å². The molecule has 0 aliphatic heterocycles. The maximum Gasteiger partial charge on any atom is 0.221 e. The summed E-state index contributed by atoms with van der Waals surface area (Å²) in [4.78, 5) is 4.71. The van der Waals surface area contributed by atoms with Gasteiger partial charge in [0.25, 0.3) is 0 Å². The van der Waals surface area contributed by atoms with Crippen molar-refractivity contribution in [1.29, 1.82) is 0 Å². The second-order valence-electron chi connectivity index (χ2n) is 6.58. The molecule has 0 aliphatic rings. The normalized spacial score (nSPS) is 13.4. The molecule has 0 amide bonds. The molecule has 1 unspecified atom stereocenters. The van der Waals surface area contributed by atoms with Gasteiger partial charge in [0.05, 0.1) is 11.8 Å². The highest BCUT2D eigenvalue weighted by Crippen LogP contribution is 2.26. The van der Waals surface area contributed by atoms with Gasteiger partial charge in [-0.1, -0.05) is 25.1 Å². The molecule has 0 saturated heterocycles. The van der Waals surface area contributed by atoms with Crippen molar-refractivity contribution in [3.63, 3.8) is 0 Å². The van der Waals surface area contributed by atoms with Crippen molar-refractivity contribution in [2.75, 3.05) is 0 Å². The van der Waals surface area contributed by atoms with Crippen LogP contribution in [0, 0.1) is 0 Å². The van der Waals surface area contributed by atoms with Gasteiger partial charge >= 0.3 is 0 Å². The lowest BCUT2D eigenvalue weighted by Crippen LogP contribution is -2.35. The number of hydrogen-bond donors (Lipinski definition) is 1. The van der Waals surface area contributed by atoms with Crippen molar-refractivity contribution >= 4 is 10.8 Å². The highest BCUT2D eigenvalue weighted by atomic mass is 16.5. The molecule has 2 rings (SSSR count). The van der Waals surface area contributed by atoms with E-state index in [1.54, 1.807) is 0 Å². The topological polar surface area (TPSA) is 34.1 Å². The fraction of sp³-hybridized carbons (Fsp3) is 0.500. The quantitative estimate of drug-likeness (QED) is 0.889. The first-order valence-corrected chi connectivity index (χ1v) is 7.69. The van der Waals surface area contributed by atoms with Crippen LogP contribution in [0.15, 0.2) is 30.3 Å². The summed E-state index contributed by atoms with van der Waals surface area (Å²) in [5.41, 5.74) is 1.09. The number of rotatable bonds is 5. The average molecular weight is 286 g/mol. The first-order chi connectivity index (χ1) is 9.89. The lowest BCUT2D eigenvalue weighted by molar-refractivity contribution is 0.211. The van der Waals surface area contributed by atoms with E-state index in [0.29, 0.717) is 0 Å². The van der Waals surface area contributed by atoms with E-state index in [1.165, 1.54) is 5.39 Å². The number of nitrogens with one attached hydrogen (secondary N) is 1. The van der Waals surface area contributed by atoms with Crippen LogP contribution in [-0.2, 0) is 6.54 Å². The lowest BCUT2D eigenvalue weighted by Gasteiger charge is -2.21. The number of fused-ring (bicyclic) bond motifs is 1. The summed E-state index contributed by atoms with van der Waals surface area (Å²) in [6.07, 6.45) is 1.15. The lowest BCUT2D eigenvalue weighted by atomic mass is 10.1. The van der Waals surface area contributed by atoms with Gasteiger partial charge in [-0.25, -0.2) is 4.98 Å². The standard InChI is InChI=1S/C18H26N2O/c1-6-13(2)21-17-16-10-8-7-9-14(16)11-15(20-17)12-19-18(3,4)5/h7-11,13,19H,6,12H2,1-5H3. The molecule has 114 valence electrons. The highest BCUT2D eigenvalue weighted by Gasteiger charge is 2.12. The van der Waals surface area contributed by atoms with Crippen molar-refractivity contribution in [2.24, 2.45) is 0 Å². The minimum atomic E-state index is 0.0745. The molecular weight excluding hydrogens is 260 g/mol. The number of aromatic nitrogens is 1. The molecule has 3 heteroatoms. The second-order valence-corrected chi connectivity index (χ2v) is 6.58. The van der Waals surface area contributed by atoms with Crippen molar-refractivity contribution in [2.45, 2.75) is 59.2 Å². The summed E-state index contributed by atoms with van der Waals surface area (Å²) in [5.74, 6) is 0.744. The molecule has 0 saturated carbocycles. The minimum Gasteiger partial charge on any atom is -0.474 e. The Balaban J connectivity index is 2.34. The van der Waals surface area contributed by atoms with Crippen LogP contribution in [-0.4, -0.2) is 16.6 Å². The molecule has 1 atom stereocenters. The molecule has 0 bridgehead atoms. The van der Waals surface area contributed by atoms with Gasteiger partial charge < -0.3 is 10.1 Å². The van der Waals surface area contributed by atoms with Gasteiger partial charge in [0.15, 0.2) is 0 Å². The molecule has 1 heterocycles. The molecule has 0 fully saturated rings. The van der Waals surface area contributed by atoms with Gasteiger partial charge in [0.2, 0.25) is 5.88 Å². The predicted molar refractivity (Wildman–Crippen MR) is 88.7 cm³/mol. The van der Waals surface area contributed by atoms with Crippen molar-refractivity contribution in [3.05, 3.63) is 36.0 Å². The number of benzene rings is 1. The molecule has 0 aliphatic carbocycles. The second kappa shape index (κ2) is 6.44. The first-order valence-electron chi connectivity index (χ1n) is 7.69. The Morgan fingerprint density at radius 2 is 1.95 bits per heavy atom. The SMILES string of the molecule is CCC(C)Oc1nc(CNC(C)(C)C)cc2ccccc12.